The zero-order valence-electron chi connectivity index (χ0n) is 18.0. The second-order valence-electron chi connectivity index (χ2n) is 6.91. The number of anilines is 1. The zero-order chi connectivity index (χ0) is 21.8. The number of hydrogen-bond donors (Lipinski definition) is 1. The zero-order valence-corrected chi connectivity index (χ0v) is 18.8. The van der Waals surface area contributed by atoms with E-state index in [1.807, 2.05) is 43.3 Å². The van der Waals surface area contributed by atoms with Crippen molar-refractivity contribution in [1.82, 2.24) is 9.97 Å². The number of methoxy groups -OCH3 is 2. The third kappa shape index (κ3) is 4.36. The van der Waals surface area contributed by atoms with Gasteiger partial charge in [0.15, 0.2) is 17.3 Å². The van der Waals surface area contributed by atoms with Crippen LogP contribution < -0.4 is 14.9 Å². The van der Waals surface area contributed by atoms with Crippen molar-refractivity contribution in [2.75, 3.05) is 19.6 Å². The lowest BCUT2D eigenvalue weighted by Gasteiger charge is -2.11. The van der Waals surface area contributed by atoms with E-state index in [4.69, 9.17) is 9.47 Å². The number of nitrogens with one attached hydrogen (secondary N) is 1. The Morgan fingerprint density at radius 2 is 1.77 bits per heavy atom. The Hall–Kier alpha value is -3.45. The fourth-order valence-corrected chi connectivity index (χ4v) is 4.42. The number of rotatable bonds is 7. The Labute approximate surface area is 185 Å². The summed E-state index contributed by atoms with van der Waals surface area (Å²) in [4.78, 5) is 11.3. The number of hydrogen-bond acceptors (Lipinski definition) is 7. The van der Waals surface area contributed by atoms with Gasteiger partial charge in [-0.3, -0.25) is 5.43 Å². The molecule has 1 N–H and O–H groups in total. The van der Waals surface area contributed by atoms with Crippen molar-refractivity contribution in [2.45, 2.75) is 20.3 Å². The number of nitrogens with zero attached hydrogens (tertiary/aromatic N) is 3. The van der Waals surface area contributed by atoms with Crippen molar-refractivity contribution < 1.29 is 9.47 Å². The Balaban J connectivity index is 1.70. The highest BCUT2D eigenvalue weighted by molar-refractivity contribution is 7.21. The minimum absolute atomic E-state index is 0.673. The van der Waals surface area contributed by atoms with Crippen LogP contribution in [0.3, 0.4) is 0 Å². The van der Waals surface area contributed by atoms with Crippen LogP contribution in [-0.4, -0.2) is 29.9 Å². The van der Waals surface area contributed by atoms with Gasteiger partial charge in [-0.15, -0.1) is 11.3 Å². The molecule has 0 amide bonds. The number of ether oxygens (including phenoxy) is 2. The van der Waals surface area contributed by atoms with Crippen molar-refractivity contribution in [3.63, 3.8) is 0 Å². The molecule has 7 heteroatoms. The van der Waals surface area contributed by atoms with Crippen LogP contribution in [-0.2, 0) is 0 Å². The molecule has 0 fully saturated rings. The number of thiophene rings is 1. The summed E-state index contributed by atoms with van der Waals surface area (Å²) in [5, 5.41) is 5.63. The minimum atomic E-state index is 0.673. The molecule has 0 aliphatic rings. The summed E-state index contributed by atoms with van der Waals surface area (Å²) >= 11 is 1.65. The van der Waals surface area contributed by atoms with Gasteiger partial charge in [0.25, 0.3) is 0 Å². The van der Waals surface area contributed by atoms with E-state index < -0.39 is 0 Å². The van der Waals surface area contributed by atoms with Crippen LogP contribution in [0.5, 0.6) is 11.5 Å². The van der Waals surface area contributed by atoms with Crippen molar-refractivity contribution in [2.24, 2.45) is 5.10 Å². The van der Waals surface area contributed by atoms with Crippen molar-refractivity contribution >= 4 is 33.1 Å². The summed E-state index contributed by atoms with van der Waals surface area (Å²) in [6.07, 6.45) is 0.745. The summed E-state index contributed by atoms with van der Waals surface area (Å²) < 4.78 is 10.8. The first-order chi connectivity index (χ1) is 15.1. The quantitative estimate of drug-likeness (QED) is 0.290. The van der Waals surface area contributed by atoms with E-state index in [0.29, 0.717) is 23.1 Å². The Bertz CT molecular complexity index is 1240. The van der Waals surface area contributed by atoms with Gasteiger partial charge in [-0.05, 0) is 43.2 Å². The maximum absolute atomic E-state index is 5.43. The number of fused-ring (bicyclic) bond motifs is 1. The van der Waals surface area contributed by atoms with Crippen LogP contribution in [0.25, 0.3) is 20.7 Å². The molecular weight excluding hydrogens is 408 g/mol. The molecule has 0 saturated heterocycles. The number of aryl methyl sites for hydroxylation is 1. The van der Waals surface area contributed by atoms with E-state index in [0.717, 1.165) is 38.4 Å². The first-order valence-corrected chi connectivity index (χ1v) is 10.8. The van der Waals surface area contributed by atoms with Gasteiger partial charge in [0, 0.05) is 10.4 Å². The second kappa shape index (κ2) is 9.14. The molecule has 2 heterocycles. The van der Waals surface area contributed by atoms with E-state index in [1.165, 1.54) is 0 Å². The third-order valence-corrected chi connectivity index (χ3v) is 5.99. The van der Waals surface area contributed by atoms with Crippen LogP contribution in [0.2, 0.25) is 0 Å². The highest BCUT2D eigenvalue weighted by Crippen LogP contribution is 2.35. The fraction of sp³-hybridized carbons (Fsp3) is 0.208. The van der Waals surface area contributed by atoms with Crippen LogP contribution in [0.1, 0.15) is 24.7 Å². The first-order valence-electron chi connectivity index (χ1n) is 10.0. The van der Waals surface area contributed by atoms with Gasteiger partial charge in [-0.1, -0.05) is 37.3 Å². The summed E-state index contributed by atoms with van der Waals surface area (Å²) in [5.74, 6) is 2.77. The molecule has 2 aromatic heterocycles. The number of benzene rings is 2. The largest absolute Gasteiger partial charge is 0.493 e. The van der Waals surface area contributed by atoms with Crippen molar-refractivity contribution in [3.8, 4) is 21.9 Å². The molecule has 0 atom stereocenters. The van der Waals surface area contributed by atoms with E-state index in [-0.39, 0.29) is 0 Å². The Morgan fingerprint density at radius 3 is 2.48 bits per heavy atom. The van der Waals surface area contributed by atoms with Gasteiger partial charge in [0.2, 0.25) is 0 Å². The average molecular weight is 433 g/mol. The Morgan fingerprint density at radius 1 is 1.00 bits per heavy atom. The molecule has 0 radical (unpaired) electrons. The highest BCUT2D eigenvalue weighted by Gasteiger charge is 2.13. The van der Waals surface area contributed by atoms with Gasteiger partial charge in [0.05, 0.1) is 25.3 Å². The monoisotopic (exact) mass is 432 g/mol. The standard InChI is InChI=1S/C24H24N4O2S/c1-5-19(17-11-12-20(29-3)21(13-17)30-4)27-28-23-18-14-22(16-9-7-6-8-10-16)31-24(18)26-15(2)25-23/h6-14H,5H2,1-4H3,(H,25,26,28)/b27-19-. The normalized spacial score (nSPS) is 11.5. The fourth-order valence-electron chi connectivity index (χ4n) is 3.34. The molecule has 4 rings (SSSR count). The molecule has 0 aliphatic carbocycles. The molecule has 31 heavy (non-hydrogen) atoms. The molecule has 0 unspecified atom stereocenters. The molecule has 158 valence electrons. The van der Waals surface area contributed by atoms with E-state index in [9.17, 15) is 0 Å². The van der Waals surface area contributed by atoms with Crippen LogP contribution in [0, 0.1) is 6.92 Å². The molecule has 4 aromatic rings. The number of hydrazone groups is 1. The lowest BCUT2D eigenvalue weighted by Crippen LogP contribution is -2.05. The summed E-state index contributed by atoms with van der Waals surface area (Å²) in [7, 11) is 3.26. The lowest BCUT2D eigenvalue weighted by atomic mass is 10.1. The third-order valence-electron chi connectivity index (χ3n) is 4.91. The predicted octanol–water partition coefficient (Wildman–Crippen LogP) is 5.91. The molecular formula is C24H24N4O2S. The van der Waals surface area contributed by atoms with Gasteiger partial charge in [0.1, 0.15) is 10.7 Å². The summed E-state index contributed by atoms with van der Waals surface area (Å²) in [6.45, 7) is 3.96. The number of aromatic nitrogens is 2. The smallest absolute Gasteiger partial charge is 0.161 e. The summed E-state index contributed by atoms with van der Waals surface area (Å²) in [5.41, 5.74) is 6.20. The van der Waals surface area contributed by atoms with Crippen LogP contribution in [0.15, 0.2) is 59.7 Å². The topological polar surface area (TPSA) is 68.6 Å². The molecule has 0 spiro atoms. The van der Waals surface area contributed by atoms with Gasteiger partial charge < -0.3 is 9.47 Å². The molecule has 0 saturated carbocycles. The minimum Gasteiger partial charge on any atom is -0.493 e. The van der Waals surface area contributed by atoms with Crippen molar-refractivity contribution in [1.29, 1.82) is 0 Å². The lowest BCUT2D eigenvalue weighted by molar-refractivity contribution is 0.355. The van der Waals surface area contributed by atoms with Gasteiger partial charge >= 0.3 is 0 Å². The Kier molecular flexibility index (Phi) is 6.13. The van der Waals surface area contributed by atoms with Crippen molar-refractivity contribution in [3.05, 3.63) is 66.0 Å². The maximum Gasteiger partial charge on any atom is 0.161 e. The molecule has 0 aliphatic heterocycles. The van der Waals surface area contributed by atoms with Crippen LogP contribution in [0.4, 0.5) is 5.82 Å². The second-order valence-corrected chi connectivity index (χ2v) is 7.94. The highest BCUT2D eigenvalue weighted by atomic mass is 32.1. The van der Waals surface area contributed by atoms with Crippen LogP contribution >= 0.6 is 11.3 Å². The summed E-state index contributed by atoms with van der Waals surface area (Å²) in [6, 6.07) is 18.2. The van der Waals surface area contributed by atoms with E-state index >= 15 is 0 Å². The predicted molar refractivity (Wildman–Crippen MR) is 128 cm³/mol. The molecule has 0 bridgehead atoms. The average Bonchev–Trinajstić information content (AvgIpc) is 3.24. The first kappa shape index (κ1) is 20.8. The SMILES string of the molecule is CC/C(=N/Nc1nc(C)nc2sc(-c3ccccc3)cc12)c1ccc(OC)c(OC)c1. The van der Waals surface area contributed by atoms with Gasteiger partial charge in [-0.25, -0.2) is 9.97 Å². The molecule has 2 aromatic carbocycles. The van der Waals surface area contributed by atoms with E-state index in [1.54, 1.807) is 25.6 Å². The van der Waals surface area contributed by atoms with Gasteiger partial charge in [-0.2, -0.15) is 5.10 Å². The maximum atomic E-state index is 5.43. The molecule has 6 nitrogen and oxygen atoms in total. The van der Waals surface area contributed by atoms with E-state index in [2.05, 4.69) is 45.6 Å².